The van der Waals surface area contributed by atoms with Gasteiger partial charge in [-0.25, -0.2) is 9.97 Å². The van der Waals surface area contributed by atoms with Crippen molar-refractivity contribution in [3.63, 3.8) is 0 Å². The van der Waals surface area contributed by atoms with Crippen LogP contribution < -0.4 is 4.74 Å². The number of rotatable bonds is 6. The van der Waals surface area contributed by atoms with Crippen LogP contribution in [0.5, 0.6) is 5.75 Å². The fourth-order valence-corrected chi connectivity index (χ4v) is 4.33. The number of aromatic nitrogens is 3. The molecule has 140 valence electrons. The Morgan fingerprint density at radius 3 is 2.71 bits per heavy atom. The van der Waals surface area contributed by atoms with Gasteiger partial charge in [-0.15, -0.1) is 0 Å². The molecule has 2 aromatic heterocycles. The van der Waals surface area contributed by atoms with Crippen LogP contribution in [0.1, 0.15) is 34.7 Å². The largest absolute Gasteiger partial charge is 0.491 e. The Morgan fingerprint density at radius 2 is 1.86 bits per heavy atom. The van der Waals surface area contributed by atoms with Crippen LogP contribution >= 0.6 is 0 Å². The Bertz CT molecular complexity index is 1070. The Labute approximate surface area is 164 Å². The van der Waals surface area contributed by atoms with E-state index in [0.29, 0.717) is 12.5 Å². The second kappa shape index (κ2) is 7.47. The normalized spacial score (nSPS) is 13.7. The number of hydrogen-bond donors (Lipinski definition) is 1. The van der Waals surface area contributed by atoms with Crippen LogP contribution in [0.15, 0.2) is 67.3 Å². The molecule has 2 aromatic carbocycles. The summed E-state index contributed by atoms with van der Waals surface area (Å²) >= 11 is 0. The maximum atomic E-state index is 6.03. The van der Waals surface area contributed by atoms with Crippen molar-refractivity contribution in [1.29, 1.82) is 0 Å². The Balaban J connectivity index is 1.21. The zero-order valence-electron chi connectivity index (χ0n) is 15.8. The number of fused-ring (bicyclic) bond motifs is 2. The summed E-state index contributed by atoms with van der Waals surface area (Å²) in [4.78, 5) is 11.9. The maximum Gasteiger partial charge on any atom is 0.145 e. The SMILES string of the molecule is c1ccc2c(c1)CC(c1cc[nH]c1CCCOc1cccc3cncnc13)C2. The second-order valence-electron chi connectivity index (χ2n) is 7.45. The fraction of sp³-hybridized carbons (Fsp3) is 0.250. The van der Waals surface area contributed by atoms with Crippen molar-refractivity contribution in [2.75, 3.05) is 6.61 Å². The summed E-state index contributed by atoms with van der Waals surface area (Å²) in [6, 6.07) is 17.1. The van der Waals surface area contributed by atoms with Gasteiger partial charge in [-0.3, -0.25) is 0 Å². The maximum absolute atomic E-state index is 6.03. The Kier molecular flexibility index (Phi) is 4.53. The molecule has 0 spiro atoms. The van der Waals surface area contributed by atoms with Crippen molar-refractivity contribution in [3.05, 3.63) is 89.6 Å². The number of benzene rings is 2. The van der Waals surface area contributed by atoms with Gasteiger partial charge in [0.1, 0.15) is 17.6 Å². The first-order valence-corrected chi connectivity index (χ1v) is 9.93. The van der Waals surface area contributed by atoms with Crippen LogP contribution in [-0.4, -0.2) is 21.6 Å². The first-order valence-electron chi connectivity index (χ1n) is 9.93. The highest BCUT2D eigenvalue weighted by Gasteiger charge is 2.24. The fourth-order valence-electron chi connectivity index (χ4n) is 4.33. The number of para-hydroxylation sites is 1. The minimum atomic E-state index is 0.592. The molecule has 0 radical (unpaired) electrons. The van der Waals surface area contributed by atoms with Crippen LogP contribution in [0.4, 0.5) is 0 Å². The molecular weight excluding hydrogens is 346 g/mol. The van der Waals surface area contributed by atoms with Crippen molar-refractivity contribution in [1.82, 2.24) is 15.0 Å². The van der Waals surface area contributed by atoms with Gasteiger partial charge in [-0.05, 0) is 60.4 Å². The summed E-state index contributed by atoms with van der Waals surface area (Å²) in [5.41, 5.74) is 6.69. The molecule has 0 amide bonds. The minimum Gasteiger partial charge on any atom is -0.491 e. The summed E-state index contributed by atoms with van der Waals surface area (Å²) in [5, 5.41) is 1.01. The van der Waals surface area contributed by atoms with Crippen LogP contribution in [0, 0.1) is 0 Å². The standard InChI is InChI=1S/C24H23N3O/c1-2-6-18-14-20(13-17(18)5-1)21-10-11-26-22(21)8-4-12-28-23-9-3-7-19-15-25-16-27-24(19)23/h1-3,5-7,9-11,15-16,20,26H,4,8,12-14H2. The summed E-state index contributed by atoms with van der Waals surface area (Å²) in [5.74, 6) is 1.42. The highest BCUT2D eigenvalue weighted by molar-refractivity contribution is 5.83. The minimum absolute atomic E-state index is 0.592. The smallest absolute Gasteiger partial charge is 0.145 e. The van der Waals surface area contributed by atoms with Gasteiger partial charge in [0.25, 0.3) is 0 Å². The van der Waals surface area contributed by atoms with Crippen LogP contribution in [0.25, 0.3) is 10.9 Å². The van der Waals surface area contributed by atoms with Crippen molar-refractivity contribution >= 4 is 10.9 Å². The Morgan fingerprint density at radius 1 is 1.00 bits per heavy atom. The molecule has 5 rings (SSSR count). The number of nitrogens with zero attached hydrogens (tertiary/aromatic N) is 2. The molecule has 0 unspecified atom stereocenters. The van der Waals surface area contributed by atoms with Gasteiger partial charge in [-0.2, -0.15) is 0 Å². The van der Waals surface area contributed by atoms with E-state index in [4.69, 9.17) is 4.74 Å². The molecule has 0 bridgehead atoms. The third-order valence-corrected chi connectivity index (χ3v) is 5.69. The lowest BCUT2D eigenvalue weighted by Gasteiger charge is -2.12. The molecule has 4 aromatic rings. The molecule has 2 heterocycles. The molecule has 1 aliphatic rings. The van der Waals surface area contributed by atoms with Crippen molar-refractivity contribution < 1.29 is 4.74 Å². The number of ether oxygens (including phenoxy) is 1. The van der Waals surface area contributed by atoms with Crippen molar-refractivity contribution in [2.45, 2.75) is 31.6 Å². The third-order valence-electron chi connectivity index (χ3n) is 5.69. The zero-order chi connectivity index (χ0) is 18.8. The molecule has 0 saturated heterocycles. The van der Waals surface area contributed by atoms with Crippen LogP contribution in [0.2, 0.25) is 0 Å². The summed E-state index contributed by atoms with van der Waals surface area (Å²) in [6.07, 6.45) is 9.72. The number of nitrogens with one attached hydrogen (secondary N) is 1. The van der Waals surface area contributed by atoms with Gasteiger partial charge < -0.3 is 9.72 Å². The lowest BCUT2D eigenvalue weighted by atomic mass is 9.95. The molecule has 1 aliphatic carbocycles. The molecule has 4 heteroatoms. The predicted octanol–water partition coefficient (Wildman–Crippen LogP) is 4.85. The summed E-state index contributed by atoms with van der Waals surface area (Å²) < 4.78 is 6.03. The highest BCUT2D eigenvalue weighted by Crippen LogP contribution is 2.35. The molecule has 0 fully saturated rings. The molecule has 28 heavy (non-hydrogen) atoms. The quantitative estimate of drug-likeness (QED) is 0.494. The van der Waals surface area contributed by atoms with Gasteiger partial charge in [0.05, 0.1) is 6.61 Å². The number of H-pyrrole nitrogens is 1. The van der Waals surface area contributed by atoms with E-state index >= 15 is 0 Å². The highest BCUT2D eigenvalue weighted by atomic mass is 16.5. The van der Waals surface area contributed by atoms with E-state index in [0.717, 1.165) is 42.3 Å². The summed E-state index contributed by atoms with van der Waals surface area (Å²) in [6.45, 7) is 0.673. The average molecular weight is 369 g/mol. The molecular formula is C24H23N3O. The van der Waals surface area contributed by atoms with E-state index in [1.807, 2.05) is 24.4 Å². The van der Waals surface area contributed by atoms with E-state index < -0.39 is 0 Å². The molecule has 1 N–H and O–H groups in total. The Hall–Kier alpha value is -3.14. The van der Waals surface area contributed by atoms with E-state index in [2.05, 4.69) is 51.5 Å². The van der Waals surface area contributed by atoms with E-state index in [1.54, 1.807) is 6.33 Å². The number of aryl methyl sites for hydroxylation is 1. The lowest BCUT2D eigenvalue weighted by molar-refractivity contribution is 0.313. The van der Waals surface area contributed by atoms with E-state index in [1.165, 1.54) is 22.4 Å². The van der Waals surface area contributed by atoms with Gasteiger partial charge in [0, 0.05) is 23.5 Å². The van der Waals surface area contributed by atoms with Gasteiger partial charge >= 0.3 is 0 Å². The van der Waals surface area contributed by atoms with Crippen LogP contribution in [0.3, 0.4) is 0 Å². The lowest BCUT2D eigenvalue weighted by Crippen LogP contribution is -2.04. The molecule has 4 nitrogen and oxygen atoms in total. The monoisotopic (exact) mass is 369 g/mol. The van der Waals surface area contributed by atoms with Gasteiger partial charge in [-0.1, -0.05) is 36.4 Å². The first kappa shape index (κ1) is 17.0. The topological polar surface area (TPSA) is 50.8 Å². The summed E-state index contributed by atoms with van der Waals surface area (Å²) in [7, 11) is 0. The zero-order valence-corrected chi connectivity index (χ0v) is 15.8. The number of hydrogen-bond acceptors (Lipinski definition) is 3. The van der Waals surface area contributed by atoms with Crippen molar-refractivity contribution in [3.8, 4) is 5.75 Å². The van der Waals surface area contributed by atoms with E-state index in [-0.39, 0.29) is 0 Å². The molecule has 0 atom stereocenters. The van der Waals surface area contributed by atoms with Crippen molar-refractivity contribution in [2.24, 2.45) is 0 Å². The molecule has 0 aliphatic heterocycles. The van der Waals surface area contributed by atoms with E-state index in [9.17, 15) is 0 Å². The van der Waals surface area contributed by atoms with Crippen LogP contribution in [-0.2, 0) is 19.3 Å². The third kappa shape index (κ3) is 3.26. The van der Waals surface area contributed by atoms with Gasteiger partial charge in [0.2, 0.25) is 0 Å². The van der Waals surface area contributed by atoms with Gasteiger partial charge in [0.15, 0.2) is 0 Å². The second-order valence-corrected chi connectivity index (χ2v) is 7.45. The number of aromatic amines is 1. The average Bonchev–Trinajstić information content (AvgIpc) is 3.37. The first-order chi connectivity index (χ1) is 13.9. The molecule has 0 saturated carbocycles. The predicted molar refractivity (Wildman–Crippen MR) is 111 cm³/mol.